The zero-order chi connectivity index (χ0) is 21.1. The molecule has 0 fully saturated rings. The number of rotatable bonds is 6. The Morgan fingerprint density at radius 1 is 1.07 bits per heavy atom. The molecule has 0 saturated carbocycles. The lowest BCUT2D eigenvalue weighted by atomic mass is 10.1. The predicted molar refractivity (Wildman–Crippen MR) is 119 cm³/mol. The van der Waals surface area contributed by atoms with Crippen LogP contribution in [0.2, 0.25) is 0 Å². The maximum absolute atomic E-state index is 13.1. The standard InChI is InChI=1S/C22H26N4O2S/c1-5-26(14-16-8-6-15(7-9-16)13-24(2)3)20(27)17-10-11-18-19(12-17)23-22(29)25(4)21(18)28/h6-12H,5,13-14H2,1-4H3,(H,23,29). The Morgan fingerprint density at radius 3 is 2.28 bits per heavy atom. The van der Waals surface area contributed by atoms with Gasteiger partial charge < -0.3 is 14.8 Å². The second-order valence-electron chi connectivity index (χ2n) is 7.43. The van der Waals surface area contributed by atoms with Gasteiger partial charge in [0.2, 0.25) is 0 Å². The normalized spacial score (nSPS) is 11.2. The zero-order valence-corrected chi connectivity index (χ0v) is 18.0. The fourth-order valence-corrected chi connectivity index (χ4v) is 3.48. The molecule has 0 aliphatic rings. The first-order chi connectivity index (χ1) is 13.8. The predicted octanol–water partition coefficient (Wildman–Crippen LogP) is 3.32. The summed E-state index contributed by atoms with van der Waals surface area (Å²) in [6, 6.07) is 13.4. The van der Waals surface area contributed by atoms with Gasteiger partial charge in [-0.2, -0.15) is 0 Å². The van der Waals surface area contributed by atoms with Crippen molar-refractivity contribution < 1.29 is 4.79 Å². The highest BCUT2D eigenvalue weighted by Crippen LogP contribution is 2.15. The number of aromatic amines is 1. The van der Waals surface area contributed by atoms with Crippen molar-refractivity contribution in [3.05, 3.63) is 74.3 Å². The van der Waals surface area contributed by atoms with Gasteiger partial charge in [0.15, 0.2) is 4.77 Å². The lowest BCUT2D eigenvalue weighted by Gasteiger charge is -2.21. The van der Waals surface area contributed by atoms with Gasteiger partial charge in [-0.3, -0.25) is 14.2 Å². The summed E-state index contributed by atoms with van der Waals surface area (Å²) in [6.07, 6.45) is 0. The number of hydrogen-bond donors (Lipinski definition) is 1. The van der Waals surface area contributed by atoms with E-state index in [4.69, 9.17) is 12.2 Å². The lowest BCUT2D eigenvalue weighted by Crippen LogP contribution is -2.30. The van der Waals surface area contributed by atoms with Gasteiger partial charge >= 0.3 is 0 Å². The topological polar surface area (TPSA) is 61.3 Å². The number of carbonyl (C=O) groups is 1. The Kier molecular flexibility index (Phi) is 6.30. The highest BCUT2D eigenvalue weighted by atomic mass is 32.1. The minimum Gasteiger partial charge on any atom is -0.335 e. The van der Waals surface area contributed by atoms with Gasteiger partial charge in [0.05, 0.1) is 10.9 Å². The van der Waals surface area contributed by atoms with Crippen LogP contribution in [0.25, 0.3) is 10.9 Å². The van der Waals surface area contributed by atoms with Crippen LogP contribution in [-0.4, -0.2) is 45.9 Å². The minimum atomic E-state index is -0.173. The highest BCUT2D eigenvalue weighted by Gasteiger charge is 2.16. The first-order valence-electron chi connectivity index (χ1n) is 9.55. The van der Waals surface area contributed by atoms with Gasteiger partial charge in [-0.1, -0.05) is 24.3 Å². The van der Waals surface area contributed by atoms with E-state index in [0.29, 0.717) is 34.3 Å². The smallest absolute Gasteiger partial charge is 0.261 e. The molecule has 3 aromatic rings. The number of carbonyl (C=O) groups excluding carboxylic acids is 1. The minimum absolute atomic E-state index is 0.0771. The molecule has 0 unspecified atom stereocenters. The van der Waals surface area contributed by atoms with Crippen LogP contribution in [0, 0.1) is 4.77 Å². The van der Waals surface area contributed by atoms with Crippen molar-refractivity contribution in [1.29, 1.82) is 0 Å². The molecule has 0 saturated heterocycles. The summed E-state index contributed by atoms with van der Waals surface area (Å²) in [7, 11) is 5.70. The monoisotopic (exact) mass is 410 g/mol. The van der Waals surface area contributed by atoms with E-state index >= 15 is 0 Å². The summed E-state index contributed by atoms with van der Waals surface area (Å²) in [4.78, 5) is 32.3. The Morgan fingerprint density at radius 2 is 1.69 bits per heavy atom. The number of hydrogen-bond acceptors (Lipinski definition) is 4. The largest absolute Gasteiger partial charge is 0.335 e. The third-order valence-corrected chi connectivity index (χ3v) is 5.29. The molecule has 0 aliphatic carbocycles. The van der Waals surface area contributed by atoms with E-state index in [2.05, 4.69) is 34.1 Å². The second kappa shape index (κ2) is 8.71. The lowest BCUT2D eigenvalue weighted by molar-refractivity contribution is 0.0752. The first-order valence-corrected chi connectivity index (χ1v) is 9.96. The van der Waals surface area contributed by atoms with E-state index in [0.717, 1.165) is 12.1 Å². The summed E-state index contributed by atoms with van der Waals surface area (Å²) in [5.41, 5.74) is 3.25. The number of nitrogens with zero attached hydrogens (tertiary/aromatic N) is 3. The van der Waals surface area contributed by atoms with E-state index < -0.39 is 0 Å². The number of aromatic nitrogens is 2. The molecule has 0 atom stereocenters. The average molecular weight is 411 g/mol. The summed E-state index contributed by atoms with van der Waals surface area (Å²) in [5, 5.41) is 0.511. The molecule has 0 aliphatic heterocycles. The zero-order valence-electron chi connectivity index (χ0n) is 17.2. The van der Waals surface area contributed by atoms with E-state index in [1.807, 2.05) is 21.0 Å². The van der Waals surface area contributed by atoms with Crippen molar-refractivity contribution in [2.24, 2.45) is 7.05 Å². The van der Waals surface area contributed by atoms with Crippen molar-refractivity contribution >= 4 is 29.0 Å². The van der Waals surface area contributed by atoms with E-state index in [1.165, 1.54) is 10.1 Å². The van der Waals surface area contributed by atoms with E-state index in [-0.39, 0.29) is 11.5 Å². The molecule has 2 aromatic carbocycles. The van der Waals surface area contributed by atoms with Crippen LogP contribution in [0.1, 0.15) is 28.4 Å². The average Bonchev–Trinajstić information content (AvgIpc) is 2.70. The number of benzene rings is 2. The van der Waals surface area contributed by atoms with Crippen molar-refractivity contribution in [3.63, 3.8) is 0 Å². The Bertz CT molecular complexity index is 1150. The molecule has 3 rings (SSSR count). The molecule has 0 radical (unpaired) electrons. The molecule has 1 aromatic heterocycles. The molecular formula is C22H26N4O2S. The molecule has 1 N–H and O–H groups in total. The molecule has 0 bridgehead atoms. The van der Waals surface area contributed by atoms with Gasteiger partial charge in [-0.05, 0) is 62.6 Å². The van der Waals surface area contributed by atoms with Crippen LogP contribution in [0.5, 0.6) is 0 Å². The van der Waals surface area contributed by atoms with Crippen molar-refractivity contribution in [3.8, 4) is 0 Å². The van der Waals surface area contributed by atoms with Gasteiger partial charge in [0.1, 0.15) is 0 Å². The number of H-pyrrole nitrogens is 1. The number of amides is 1. The fourth-order valence-electron chi connectivity index (χ4n) is 3.28. The van der Waals surface area contributed by atoms with E-state index in [1.54, 1.807) is 30.1 Å². The maximum atomic E-state index is 13.1. The summed E-state index contributed by atoms with van der Waals surface area (Å²) in [5.74, 6) is -0.0771. The Hall–Kier alpha value is -2.77. The quantitative estimate of drug-likeness (QED) is 0.634. The SMILES string of the molecule is CCN(Cc1ccc(CN(C)C)cc1)C(=O)c1ccc2c(=O)n(C)c(=S)[nH]c2c1. The Labute approximate surface area is 175 Å². The van der Waals surface area contributed by atoms with Gasteiger partial charge in [-0.15, -0.1) is 0 Å². The summed E-state index contributed by atoms with van der Waals surface area (Å²) >= 11 is 5.18. The summed E-state index contributed by atoms with van der Waals surface area (Å²) in [6.45, 7) is 3.96. The second-order valence-corrected chi connectivity index (χ2v) is 7.81. The fraction of sp³-hybridized carbons (Fsp3) is 0.318. The van der Waals surface area contributed by atoms with Gasteiger partial charge in [-0.25, -0.2) is 0 Å². The Balaban J connectivity index is 1.84. The molecule has 29 heavy (non-hydrogen) atoms. The van der Waals surface area contributed by atoms with Crippen LogP contribution in [0.15, 0.2) is 47.3 Å². The molecule has 0 spiro atoms. The third kappa shape index (κ3) is 4.63. The van der Waals surface area contributed by atoms with Crippen LogP contribution < -0.4 is 5.56 Å². The van der Waals surface area contributed by atoms with Crippen LogP contribution in [-0.2, 0) is 20.1 Å². The third-order valence-electron chi connectivity index (χ3n) is 4.91. The molecule has 1 heterocycles. The first kappa shape index (κ1) is 21.0. The van der Waals surface area contributed by atoms with Crippen LogP contribution in [0.4, 0.5) is 0 Å². The van der Waals surface area contributed by atoms with Crippen molar-refractivity contribution in [2.45, 2.75) is 20.0 Å². The van der Waals surface area contributed by atoms with Crippen LogP contribution >= 0.6 is 12.2 Å². The highest BCUT2D eigenvalue weighted by molar-refractivity contribution is 7.71. The van der Waals surface area contributed by atoms with E-state index in [9.17, 15) is 9.59 Å². The van der Waals surface area contributed by atoms with Crippen LogP contribution in [0.3, 0.4) is 0 Å². The molecule has 1 amide bonds. The van der Waals surface area contributed by atoms with Gasteiger partial charge in [0.25, 0.3) is 11.5 Å². The molecule has 152 valence electrons. The molecular weight excluding hydrogens is 384 g/mol. The summed E-state index contributed by atoms with van der Waals surface area (Å²) < 4.78 is 1.72. The number of nitrogens with one attached hydrogen (secondary N) is 1. The molecule has 7 heteroatoms. The van der Waals surface area contributed by atoms with Crippen molar-refractivity contribution in [2.75, 3.05) is 20.6 Å². The maximum Gasteiger partial charge on any atom is 0.261 e. The van der Waals surface area contributed by atoms with Gasteiger partial charge in [0, 0.05) is 32.2 Å². The van der Waals surface area contributed by atoms with Crippen molar-refractivity contribution in [1.82, 2.24) is 19.4 Å². The number of fused-ring (bicyclic) bond motifs is 1. The molecule has 6 nitrogen and oxygen atoms in total.